The largest absolute Gasteiger partial charge is 0.356 e. The molecule has 1 amide bonds. The van der Waals surface area contributed by atoms with Crippen molar-refractivity contribution in [1.82, 2.24) is 5.32 Å². The smallest absolute Gasteiger partial charge is 0.219 e. The van der Waals surface area contributed by atoms with Crippen LogP contribution in [0.5, 0.6) is 0 Å². The number of amides is 1. The van der Waals surface area contributed by atoms with Crippen LogP contribution in [-0.2, 0) is 11.2 Å². The number of benzene rings is 1. The summed E-state index contributed by atoms with van der Waals surface area (Å²) in [6.45, 7) is 1.42. The van der Waals surface area contributed by atoms with E-state index >= 15 is 0 Å². The first-order valence-electron chi connectivity index (χ1n) is 7.54. The van der Waals surface area contributed by atoms with Gasteiger partial charge in [-0.1, -0.05) is 42.1 Å². The molecule has 0 spiro atoms. The molecular formula is C16H24Cl2N2O. The second-order valence-corrected chi connectivity index (χ2v) is 5.99. The molecule has 118 valence electrons. The Morgan fingerprint density at radius 1 is 1.10 bits per heavy atom. The van der Waals surface area contributed by atoms with E-state index in [1.165, 1.54) is 0 Å². The second-order valence-electron chi connectivity index (χ2n) is 5.14. The molecule has 5 heteroatoms. The van der Waals surface area contributed by atoms with E-state index < -0.39 is 0 Å². The second kappa shape index (κ2) is 10.9. The third-order valence-corrected chi connectivity index (χ3v) is 3.91. The molecule has 0 bridgehead atoms. The number of unbranched alkanes of at least 4 members (excludes halogenated alkanes) is 3. The number of halogens is 2. The predicted molar refractivity (Wildman–Crippen MR) is 89.9 cm³/mol. The molecule has 0 aliphatic heterocycles. The van der Waals surface area contributed by atoms with Crippen molar-refractivity contribution in [3.8, 4) is 0 Å². The third-order valence-electron chi connectivity index (χ3n) is 3.32. The Kier molecular flexibility index (Phi) is 9.48. The zero-order chi connectivity index (χ0) is 15.5. The molecular weight excluding hydrogens is 307 g/mol. The lowest BCUT2D eigenvalue weighted by atomic mass is 10.1. The summed E-state index contributed by atoms with van der Waals surface area (Å²) in [5.41, 5.74) is 6.49. The fourth-order valence-electron chi connectivity index (χ4n) is 2.10. The van der Waals surface area contributed by atoms with Crippen LogP contribution in [0.4, 0.5) is 0 Å². The molecule has 0 aliphatic rings. The minimum absolute atomic E-state index is 0.130. The fourth-order valence-corrected chi connectivity index (χ4v) is 2.61. The number of nitrogens with one attached hydrogen (secondary N) is 1. The van der Waals surface area contributed by atoms with Gasteiger partial charge in [-0.15, -0.1) is 0 Å². The Hall–Kier alpha value is -0.770. The van der Waals surface area contributed by atoms with Gasteiger partial charge < -0.3 is 11.1 Å². The number of hydrogen-bond acceptors (Lipinski definition) is 2. The molecule has 0 aliphatic carbocycles. The van der Waals surface area contributed by atoms with Gasteiger partial charge in [0.05, 0.1) is 0 Å². The number of nitrogens with two attached hydrogens (primary N) is 1. The lowest BCUT2D eigenvalue weighted by molar-refractivity contribution is -0.121. The van der Waals surface area contributed by atoms with E-state index in [1.54, 1.807) is 6.07 Å². The molecule has 1 aromatic rings. The molecule has 0 aromatic heterocycles. The maximum atomic E-state index is 11.6. The van der Waals surface area contributed by atoms with Crippen LogP contribution in [-0.4, -0.2) is 19.0 Å². The fraction of sp³-hybridized carbons (Fsp3) is 0.562. The highest BCUT2D eigenvalue weighted by Crippen LogP contribution is 2.21. The summed E-state index contributed by atoms with van der Waals surface area (Å²) in [7, 11) is 0. The van der Waals surface area contributed by atoms with Crippen LogP contribution >= 0.6 is 23.2 Å². The first-order chi connectivity index (χ1) is 10.1. The van der Waals surface area contributed by atoms with Crippen molar-refractivity contribution in [3.63, 3.8) is 0 Å². The van der Waals surface area contributed by atoms with Gasteiger partial charge in [0.25, 0.3) is 0 Å². The number of carbonyl (C=O) groups excluding carboxylic acids is 1. The van der Waals surface area contributed by atoms with Crippen LogP contribution in [0.2, 0.25) is 10.0 Å². The molecule has 0 unspecified atom stereocenters. The van der Waals surface area contributed by atoms with E-state index in [-0.39, 0.29) is 5.91 Å². The van der Waals surface area contributed by atoms with E-state index in [2.05, 4.69) is 5.32 Å². The minimum Gasteiger partial charge on any atom is -0.356 e. The minimum atomic E-state index is 0.130. The standard InChI is InChI=1S/C16H24Cl2N2O/c17-14-9-8-13(15(18)12-14)6-5-11-20-16(21)7-3-1-2-4-10-19/h8-9,12H,1-7,10-11,19H2,(H,20,21). The Labute approximate surface area is 137 Å². The van der Waals surface area contributed by atoms with Crippen LogP contribution in [0.15, 0.2) is 18.2 Å². The van der Waals surface area contributed by atoms with Crippen molar-refractivity contribution in [1.29, 1.82) is 0 Å². The molecule has 21 heavy (non-hydrogen) atoms. The summed E-state index contributed by atoms with van der Waals surface area (Å²) in [6.07, 6.45) is 6.49. The maximum absolute atomic E-state index is 11.6. The average molecular weight is 331 g/mol. The molecule has 3 nitrogen and oxygen atoms in total. The SMILES string of the molecule is NCCCCCCC(=O)NCCCc1ccc(Cl)cc1Cl. The Bertz CT molecular complexity index is 438. The Balaban J connectivity index is 2.09. The summed E-state index contributed by atoms with van der Waals surface area (Å²) >= 11 is 12.0. The van der Waals surface area contributed by atoms with Crippen molar-refractivity contribution in [3.05, 3.63) is 33.8 Å². The summed E-state index contributed by atoms with van der Waals surface area (Å²) in [6, 6.07) is 5.52. The number of aryl methyl sites for hydroxylation is 1. The summed E-state index contributed by atoms with van der Waals surface area (Å²) in [5, 5.41) is 4.28. The van der Waals surface area contributed by atoms with Crippen LogP contribution in [0.1, 0.15) is 44.1 Å². The van der Waals surface area contributed by atoms with Crippen molar-refractivity contribution in [2.75, 3.05) is 13.1 Å². The first-order valence-corrected chi connectivity index (χ1v) is 8.29. The average Bonchev–Trinajstić information content (AvgIpc) is 2.45. The topological polar surface area (TPSA) is 55.1 Å². The van der Waals surface area contributed by atoms with E-state index in [0.29, 0.717) is 23.0 Å². The molecule has 1 aromatic carbocycles. The van der Waals surface area contributed by atoms with Crippen molar-refractivity contribution < 1.29 is 4.79 Å². The van der Waals surface area contributed by atoms with Crippen LogP contribution in [0, 0.1) is 0 Å². The van der Waals surface area contributed by atoms with E-state index in [0.717, 1.165) is 50.6 Å². The zero-order valence-corrected chi connectivity index (χ0v) is 13.8. The molecule has 1 rings (SSSR count). The molecule has 0 saturated heterocycles. The molecule has 3 N–H and O–H groups in total. The predicted octanol–water partition coefficient (Wildman–Crippen LogP) is 3.95. The van der Waals surface area contributed by atoms with Crippen molar-refractivity contribution in [2.24, 2.45) is 5.73 Å². The van der Waals surface area contributed by atoms with Gasteiger partial charge in [-0.25, -0.2) is 0 Å². The molecule has 0 saturated carbocycles. The third kappa shape index (κ3) is 8.30. The summed E-state index contributed by atoms with van der Waals surface area (Å²) < 4.78 is 0. The van der Waals surface area contributed by atoms with Gasteiger partial charge in [0.15, 0.2) is 0 Å². The van der Waals surface area contributed by atoms with Crippen molar-refractivity contribution in [2.45, 2.75) is 44.9 Å². The number of hydrogen-bond donors (Lipinski definition) is 2. The normalized spacial score (nSPS) is 10.6. The van der Waals surface area contributed by atoms with Gasteiger partial charge in [0, 0.05) is 23.0 Å². The Morgan fingerprint density at radius 2 is 1.86 bits per heavy atom. The lowest BCUT2D eigenvalue weighted by Gasteiger charge is -2.07. The molecule has 0 radical (unpaired) electrons. The van der Waals surface area contributed by atoms with E-state index in [9.17, 15) is 4.79 Å². The molecule has 0 atom stereocenters. The van der Waals surface area contributed by atoms with E-state index in [1.807, 2.05) is 12.1 Å². The lowest BCUT2D eigenvalue weighted by Crippen LogP contribution is -2.24. The summed E-state index contributed by atoms with van der Waals surface area (Å²) in [4.78, 5) is 11.6. The zero-order valence-electron chi connectivity index (χ0n) is 12.3. The van der Waals surface area contributed by atoms with Crippen LogP contribution in [0.25, 0.3) is 0 Å². The molecule has 0 heterocycles. The maximum Gasteiger partial charge on any atom is 0.219 e. The first kappa shape index (κ1) is 18.3. The number of rotatable bonds is 10. The van der Waals surface area contributed by atoms with Gasteiger partial charge in [-0.05, 0) is 49.9 Å². The van der Waals surface area contributed by atoms with Gasteiger partial charge >= 0.3 is 0 Å². The summed E-state index contributed by atoms with van der Waals surface area (Å²) in [5.74, 6) is 0.130. The van der Waals surface area contributed by atoms with Crippen molar-refractivity contribution >= 4 is 29.1 Å². The van der Waals surface area contributed by atoms with Gasteiger partial charge in [0.1, 0.15) is 0 Å². The quantitative estimate of drug-likeness (QED) is 0.638. The van der Waals surface area contributed by atoms with Gasteiger partial charge in [-0.2, -0.15) is 0 Å². The highest BCUT2D eigenvalue weighted by molar-refractivity contribution is 6.35. The van der Waals surface area contributed by atoms with E-state index in [4.69, 9.17) is 28.9 Å². The molecule has 0 fully saturated rings. The highest BCUT2D eigenvalue weighted by atomic mass is 35.5. The Morgan fingerprint density at radius 3 is 2.57 bits per heavy atom. The van der Waals surface area contributed by atoms with Crippen LogP contribution in [0.3, 0.4) is 0 Å². The van der Waals surface area contributed by atoms with Gasteiger partial charge in [0.2, 0.25) is 5.91 Å². The van der Waals surface area contributed by atoms with Gasteiger partial charge in [-0.3, -0.25) is 4.79 Å². The number of carbonyl (C=O) groups is 1. The van der Waals surface area contributed by atoms with Crippen LogP contribution < -0.4 is 11.1 Å². The highest BCUT2D eigenvalue weighted by Gasteiger charge is 2.03. The monoisotopic (exact) mass is 330 g/mol.